The van der Waals surface area contributed by atoms with Gasteiger partial charge in [0.1, 0.15) is 0 Å². The number of nitrogens with one attached hydrogen (secondary N) is 1. The van der Waals surface area contributed by atoms with Gasteiger partial charge in [-0.3, -0.25) is 4.79 Å². The molecule has 3 rings (SSSR count). The smallest absolute Gasteiger partial charge is 0.235 e. The predicted molar refractivity (Wildman–Crippen MR) is 86.0 cm³/mol. The summed E-state index contributed by atoms with van der Waals surface area (Å²) < 4.78 is 5.50. The first-order chi connectivity index (χ1) is 10.6. The first kappa shape index (κ1) is 14.6. The van der Waals surface area contributed by atoms with Gasteiger partial charge in [0.15, 0.2) is 0 Å². The summed E-state index contributed by atoms with van der Waals surface area (Å²) in [6.45, 7) is 3.90. The number of carbonyl (C=O) groups is 1. The number of rotatable bonds is 5. The molecule has 1 aliphatic rings. The second-order valence-electron chi connectivity index (χ2n) is 5.95. The SMILES string of the molecule is CC(C)Oc1ccc(NC(=O)C2(c3ccccc3)CC2)cn1. The number of aromatic nitrogens is 1. The molecule has 0 aliphatic heterocycles. The Hall–Kier alpha value is -2.36. The molecule has 1 fully saturated rings. The van der Waals surface area contributed by atoms with Crippen LogP contribution in [0, 0.1) is 0 Å². The van der Waals surface area contributed by atoms with Crippen LogP contribution in [0.15, 0.2) is 48.7 Å². The molecule has 22 heavy (non-hydrogen) atoms. The van der Waals surface area contributed by atoms with Crippen LogP contribution in [0.3, 0.4) is 0 Å². The molecule has 1 heterocycles. The first-order valence-corrected chi connectivity index (χ1v) is 7.60. The lowest BCUT2D eigenvalue weighted by Crippen LogP contribution is -2.27. The number of pyridine rings is 1. The van der Waals surface area contributed by atoms with Crippen LogP contribution in [0.1, 0.15) is 32.3 Å². The average molecular weight is 296 g/mol. The molecule has 1 aromatic heterocycles. The Morgan fingerprint density at radius 2 is 1.91 bits per heavy atom. The van der Waals surface area contributed by atoms with Crippen molar-refractivity contribution in [1.82, 2.24) is 4.98 Å². The van der Waals surface area contributed by atoms with Crippen LogP contribution in [0.5, 0.6) is 5.88 Å². The molecule has 0 spiro atoms. The monoisotopic (exact) mass is 296 g/mol. The van der Waals surface area contributed by atoms with Crippen molar-refractivity contribution in [1.29, 1.82) is 0 Å². The number of anilines is 1. The number of ether oxygens (including phenoxy) is 1. The lowest BCUT2D eigenvalue weighted by atomic mass is 9.95. The molecule has 4 nitrogen and oxygen atoms in total. The largest absolute Gasteiger partial charge is 0.475 e. The van der Waals surface area contributed by atoms with Gasteiger partial charge < -0.3 is 10.1 Å². The zero-order valence-corrected chi connectivity index (χ0v) is 12.9. The lowest BCUT2D eigenvalue weighted by Gasteiger charge is -2.16. The highest BCUT2D eigenvalue weighted by Crippen LogP contribution is 2.48. The maximum atomic E-state index is 12.6. The lowest BCUT2D eigenvalue weighted by molar-refractivity contribution is -0.118. The molecule has 1 amide bonds. The molecule has 0 unspecified atom stereocenters. The van der Waals surface area contributed by atoms with E-state index >= 15 is 0 Å². The van der Waals surface area contributed by atoms with Crippen molar-refractivity contribution in [2.75, 3.05) is 5.32 Å². The van der Waals surface area contributed by atoms with Crippen LogP contribution in [0.25, 0.3) is 0 Å². The predicted octanol–water partition coefficient (Wildman–Crippen LogP) is 3.54. The van der Waals surface area contributed by atoms with E-state index in [4.69, 9.17) is 4.74 Å². The van der Waals surface area contributed by atoms with E-state index in [0.29, 0.717) is 11.6 Å². The Morgan fingerprint density at radius 3 is 2.45 bits per heavy atom. The third-order valence-corrected chi connectivity index (χ3v) is 3.86. The first-order valence-electron chi connectivity index (χ1n) is 7.60. The van der Waals surface area contributed by atoms with Crippen LogP contribution in [-0.2, 0) is 10.2 Å². The van der Waals surface area contributed by atoms with Gasteiger partial charge in [0.25, 0.3) is 0 Å². The van der Waals surface area contributed by atoms with Crippen LogP contribution in [-0.4, -0.2) is 17.0 Å². The quantitative estimate of drug-likeness (QED) is 0.918. The summed E-state index contributed by atoms with van der Waals surface area (Å²) >= 11 is 0. The zero-order chi connectivity index (χ0) is 15.6. The molecule has 0 radical (unpaired) electrons. The van der Waals surface area contributed by atoms with E-state index < -0.39 is 0 Å². The maximum Gasteiger partial charge on any atom is 0.235 e. The van der Waals surface area contributed by atoms with Gasteiger partial charge in [-0.1, -0.05) is 30.3 Å². The van der Waals surface area contributed by atoms with Gasteiger partial charge in [0.2, 0.25) is 11.8 Å². The summed E-state index contributed by atoms with van der Waals surface area (Å²) in [7, 11) is 0. The van der Waals surface area contributed by atoms with Gasteiger partial charge >= 0.3 is 0 Å². The molecule has 1 N–H and O–H groups in total. The molecule has 1 aliphatic carbocycles. The second kappa shape index (κ2) is 5.79. The van der Waals surface area contributed by atoms with Crippen molar-refractivity contribution in [2.45, 2.75) is 38.2 Å². The summed E-state index contributed by atoms with van der Waals surface area (Å²) in [5.74, 6) is 0.607. The Balaban J connectivity index is 1.70. The van der Waals surface area contributed by atoms with E-state index in [-0.39, 0.29) is 17.4 Å². The second-order valence-corrected chi connectivity index (χ2v) is 5.95. The summed E-state index contributed by atoms with van der Waals surface area (Å²) in [4.78, 5) is 16.8. The standard InChI is InChI=1S/C18H20N2O2/c1-13(2)22-16-9-8-15(12-19-16)20-17(21)18(10-11-18)14-6-4-3-5-7-14/h3-9,12-13H,10-11H2,1-2H3,(H,20,21). The Morgan fingerprint density at radius 1 is 1.18 bits per heavy atom. The normalized spacial score (nSPS) is 15.4. The van der Waals surface area contributed by atoms with Crippen LogP contribution in [0.2, 0.25) is 0 Å². The Labute approximate surface area is 130 Å². The number of nitrogens with zero attached hydrogens (tertiary/aromatic N) is 1. The number of benzene rings is 1. The summed E-state index contributed by atoms with van der Waals surface area (Å²) in [5.41, 5.74) is 1.41. The maximum absolute atomic E-state index is 12.6. The highest BCUT2D eigenvalue weighted by Gasteiger charge is 2.51. The molecule has 1 aromatic carbocycles. The third-order valence-electron chi connectivity index (χ3n) is 3.86. The van der Waals surface area contributed by atoms with Crippen LogP contribution < -0.4 is 10.1 Å². The van der Waals surface area contributed by atoms with Crippen molar-refractivity contribution in [3.05, 3.63) is 54.2 Å². The number of carbonyl (C=O) groups excluding carboxylic acids is 1. The number of hydrogen-bond acceptors (Lipinski definition) is 3. The fraction of sp³-hybridized carbons (Fsp3) is 0.333. The van der Waals surface area contributed by atoms with Gasteiger partial charge in [0.05, 0.1) is 23.4 Å². The van der Waals surface area contributed by atoms with Crippen molar-refractivity contribution in [3.8, 4) is 5.88 Å². The Bertz CT molecular complexity index is 647. The highest BCUT2D eigenvalue weighted by molar-refractivity contribution is 6.01. The minimum atomic E-state index is -0.367. The van der Waals surface area contributed by atoms with Gasteiger partial charge in [-0.2, -0.15) is 0 Å². The molecule has 4 heteroatoms. The topological polar surface area (TPSA) is 51.2 Å². The molecular weight excluding hydrogens is 276 g/mol. The molecule has 0 saturated heterocycles. The van der Waals surface area contributed by atoms with Gasteiger partial charge in [0, 0.05) is 6.07 Å². The molecule has 114 valence electrons. The third kappa shape index (κ3) is 2.96. The summed E-state index contributed by atoms with van der Waals surface area (Å²) in [6, 6.07) is 13.6. The fourth-order valence-electron chi connectivity index (χ4n) is 2.55. The average Bonchev–Trinajstić information content (AvgIpc) is 3.31. The van der Waals surface area contributed by atoms with Crippen LogP contribution in [0.4, 0.5) is 5.69 Å². The van der Waals surface area contributed by atoms with Crippen molar-refractivity contribution in [2.24, 2.45) is 0 Å². The summed E-state index contributed by atoms with van der Waals surface area (Å²) in [5, 5.41) is 2.97. The molecule has 0 atom stereocenters. The minimum absolute atomic E-state index is 0.0398. The van der Waals surface area contributed by atoms with Crippen molar-refractivity contribution >= 4 is 11.6 Å². The van der Waals surface area contributed by atoms with Crippen LogP contribution >= 0.6 is 0 Å². The van der Waals surface area contributed by atoms with E-state index in [1.807, 2.05) is 50.2 Å². The highest BCUT2D eigenvalue weighted by atomic mass is 16.5. The minimum Gasteiger partial charge on any atom is -0.475 e. The summed E-state index contributed by atoms with van der Waals surface area (Å²) in [6.07, 6.45) is 3.51. The molecular formula is C18H20N2O2. The van der Waals surface area contributed by atoms with E-state index in [1.165, 1.54) is 0 Å². The van der Waals surface area contributed by atoms with Gasteiger partial charge in [-0.05, 0) is 38.3 Å². The van der Waals surface area contributed by atoms with E-state index in [1.54, 1.807) is 12.3 Å². The van der Waals surface area contributed by atoms with E-state index in [0.717, 1.165) is 18.4 Å². The van der Waals surface area contributed by atoms with Crippen molar-refractivity contribution < 1.29 is 9.53 Å². The fourth-order valence-corrected chi connectivity index (χ4v) is 2.55. The zero-order valence-electron chi connectivity index (χ0n) is 12.9. The Kier molecular flexibility index (Phi) is 3.84. The van der Waals surface area contributed by atoms with Crippen molar-refractivity contribution in [3.63, 3.8) is 0 Å². The molecule has 0 bridgehead atoms. The van der Waals surface area contributed by atoms with E-state index in [9.17, 15) is 4.79 Å². The molecule has 1 saturated carbocycles. The number of amides is 1. The van der Waals surface area contributed by atoms with Gasteiger partial charge in [-0.15, -0.1) is 0 Å². The van der Waals surface area contributed by atoms with E-state index in [2.05, 4.69) is 10.3 Å². The van der Waals surface area contributed by atoms with Gasteiger partial charge in [-0.25, -0.2) is 4.98 Å². The number of hydrogen-bond donors (Lipinski definition) is 1. The molecule has 2 aromatic rings.